The van der Waals surface area contributed by atoms with Crippen molar-refractivity contribution in [3.05, 3.63) is 53.1 Å². The van der Waals surface area contributed by atoms with Gasteiger partial charge in [0.2, 0.25) is 15.9 Å². The minimum atomic E-state index is -3.66. The van der Waals surface area contributed by atoms with Crippen LogP contribution in [0, 0.1) is 6.92 Å². The highest BCUT2D eigenvalue weighted by Gasteiger charge is 2.19. The fourth-order valence-electron chi connectivity index (χ4n) is 2.48. The van der Waals surface area contributed by atoms with Crippen LogP contribution in [0.5, 0.6) is 5.75 Å². The normalized spacial score (nSPS) is 11.2. The van der Waals surface area contributed by atoms with E-state index in [0.29, 0.717) is 16.5 Å². The van der Waals surface area contributed by atoms with E-state index in [1.54, 1.807) is 30.3 Å². The number of benzene rings is 2. The van der Waals surface area contributed by atoms with Gasteiger partial charge in [-0.25, -0.2) is 13.1 Å². The molecule has 0 unspecified atom stereocenters. The zero-order valence-corrected chi connectivity index (χ0v) is 16.4. The Bertz CT molecular complexity index is 900. The van der Waals surface area contributed by atoms with Gasteiger partial charge in [0.05, 0.1) is 17.7 Å². The van der Waals surface area contributed by atoms with Crippen molar-refractivity contribution in [1.29, 1.82) is 0 Å². The van der Waals surface area contributed by atoms with Gasteiger partial charge in [-0.1, -0.05) is 23.7 Å². The molecule has 2 aromatic rings. The molecule has 0 atom stereocenters. The molecule has 0 aromatic heterocycles. The van der Waals surface area contributed by atoms with E-state index in [1.807, 2.05) is 13.0 Å². The predicted octanol–water partition coefficient (Wildman–Crippen LogP) is 2.99. The van der Waals surface area contributed by atoms with E-state index in [-0.39, 0.29) is 23.9 Å². The van der Waals surface area contributed by atoms with Gasteiger partial charge in [-0.05, 0) is 42.8 Å². The maximum absolute atomic E-state index is 12.4. The maximum atomic E-state index is 12.4. The van der Waals surface area contributed by atoms with Crippen molar-refractivity contribution in [1.82, 2.24) is 4.72 Å². The topological polar surface area (TPSA) is 75.7 Å². The van der Waals surface area contributed by atoms with E-state index in [4.69, 9.17) is 16.3 Å². The Kier molecular flexibility index (Phi) is 6.63. The number of hydrogen-bond acceptors (Lipinski definition) is 4. The highest BCUT2D eigenvalue weighted by atomic mass is 35.5. The number of sulfonamides is 1. The number of halogens is 1. The first kappa shape index (κ1) is 20.2. The van der Waals surface area contributed by atoms with Crippen molar-refractivity contribution in [3.8, 4) is 5.75 Å². The largest absolute Gasteiger partial charge is 0.495 e. The molecular formula is C18H21ClN2O4S. The van der Waals surface area contributed by atoms with E-state index in [9.17, 15) is 13.2 Å². The molecule has 2 aromatic carbocycles. The predicted molar refractivity (Wildman–Crippen MR) is 102 cm³/mol. The van der Waals surface area contributed by atoms with Crippen molar-refractivity contribution >= 4 is 33.2 Å². The van der Waals surface area contributed by atoms with Gasteiger partial charge in [0.25, 0.3) is 0 Å². The number of carbonyl (C=O) groups excluding carboxylic acids is 1. The summed E-state index contributed by atoms with van der Waals surface area (Å²) >= 11 is 6.02. The van der Waals surface area contributed by atoms with E-state index < -0.39 is 10.0 Å². The molecule has 0 saturated heterocycles. The molecule has 0 fully saturated rings. The van der Waals surface area contributed by atoms with Crippen LogP contribution in [0.3, 0.4) is 0 Å². The summed E-state index contributed by atoms with van der Waals surface area (Å²) < 4.78 is 32.6. The maximum Gasteiger partial charge on any atom is 0.240 e. The molecule has 0 heterocycles. The lowest BCUT2D eigenvalue weighted by atomic mass is 10.2. The molecule has 8 heteroatoms. The van der Waals surface area contributed by atoms with Crippen LogP contribution in [0.2, 0.25) is 5.02 Å². The number of nitrogens with zero attached hydrogens (tertiary/aromatic N) is 1. The monoisotopic (exact) mass is 396 g/mol. The molecule has 0 aliphatic rings. The van der Waals surface area contributed by atoms with Crippen LogP contribution >= 0.6 is 11.6 Å². The summed E-state index contributed by atoms with van der Waals surface area (Å²) in [6, 6.07) is 11.5. The number of hydrogen-bond donors (Lipinski definition) is 1. The summed E-state index contributed by atoms with van der Waals surface area (Å²) in [6.07, 6.45) is 0. The average molecular weight is 397 g/mol. The second-order valence-corrected chi connectivity index (χ2v) is 7.90. The lowest BCUT2D eigenvalue weighted by molar-refractivity contribution is -0.116. The van der Waals surface area contributed by atoms with Gasteiger partial charge in [0, 0.05) is 25.0 Å². The third kappa shape index (κ3) is 4.97. The SMILES string of the molecule is COc1ccc(Cl)cc1N(CCNS(=O)(=O)c1cccc(C)c1)C(C)=O. The molecule has 0 radical (unpaired) electrons. The minimum Gasteiger partial charge on any atom is -0.495 e. The number of methoxy groups -OCH3 is 1. The standard InChI is InChI=1S/C18H21ClN2O4S/c1-13-5-4-6-16(11-13)26(23,24)20-9-10-21(14(2)22)17-12-15(19)7-8-18(17)25-3/h4-8,11-12,20H,9-10H2,1-3H3. The smallest absolute Gasteiger partial charge is 0.240 e. The number of anilines is 1. The van der Waals surface area contributed by atoms with Crippen LogP contribution in [-0.2, 0) is 14.8 Å². The van der Waals surface area contributed by atoms with Crippen molar-refractivity contribution in [2.24, 2.45) is 0 Å². The molecule has 140 valence electrons. The fraction of sp³-hybridized carbons (Fsp3) is 0.278. The van der Waals surface area contributed by atoms with Gasteiger partial charge < -0.3 is 9.64 Å². The summed E-state index contributed by atoms with van der Waals surface area (Å²) in [6.45, 7) is 3.40. The summed E-state index contributed by atoms with van der Waals surface area (Å²) in [5, 5.41) is 0.451. The van der Waals surface area contributed by atoms with Crippen molar-refractivity contribution < 1.29 is 17.9 Å². The second-order valence-electron chi connectivity index (χ2n) is 5.70. The van der Waals surface area contributed by atoms with E-state index in [2.05, 4.69) is 4.72 Å². The summed E-state index contributed by atoms with van der Waals surface area (Å²) in [4.78, 5) is 13.7. The van der Waals surface area contributed by atoms with Gasteiger partial charge in [-0.2, -0.15) is 0 Å². The Labute approximate surface area is 158 Å². The lowest BCUT2D eigenvalue weighted by Crippen LogP contribution is -2.37. The molecule has 0 spiro atoms. The first-order valence-electron chi connectivity index (χ1n) is 7.92. The van der Waals surface area contributed by atoms with Crippen LogP contribution in [0.1, 0.15) is 12.5 Å². The number of amides is 1. The average Bonchev–Trinajstić information content (AvgIpc) is 2.58. The number of carbonyl (C=O) groups is 1. The first-order chi connectivity index (χ1) is 12.2. The van der Waals surface area contributed by atoms with Crippen molar-refractivity contribution in [2.75, 3.05) is 25.1 Å². The molecule has 1 amide bonds. The Morgan fingerprint density at radius 1 is 1.23 bits per heavy atom. The molecule has 6 nitrogen and oxygen atoms in total. The number of rotatable bonds is 7. The van der Waals surface area contributed by atoms with Crippen LogP contribution in [0.25, 0.3) is 0 Å². The molecule has 0 bridgehead atoms. The molecule has 0 aliphatic carbocycles. The highest BCUT2D eigenvalue weighted by molar-refractivity contribution is 7.89. The van der Waals surface area contributed by atoms with Crippen LogP contribution in [-0.4, -0.2) is 34.5 Å². The zero-order chi connectivity index (χ0) is 19.3. The van der Waals surface area contributed by atoms with Crippen LogP contribution < -0.4 is 14.4 Å². The Morgan fingerprint density at radius 2 is 1.96 bits per heavy atom. The zero-order valence-electron chi connectivity index (χ0n) is 14.8. The molecule has 1 N–H and O–H groups in total. The first-order valence-corrected chi connectivity index (χ1v) is 9.78. The summed E-state index contributed by atoms with van der Waals surface area (Å²) in [5.74, 6) is 0.228. The molecule has 2 rings (SSSR count). The van der Waals surface area contributed by atoms with E-state index in [0.717, 1.165) is 5.56 Å². The van der Waals surface area contributed by atoms with Crippen LogP contribution in [0.4, 0.5) is 5.69 Å². The van der Waals surface area contributed by atoms with E-state index in [1.165, 1.54) is 25.0 Å². The quantitative estimate of drug-likeness (QED) is 0.780. The Morgan fingerprint density at radius 3 is 2.58 bits per heavy atom. The van der Waals surface area contributed by atoms with Gasteiger partial charge >= 0.3 is 0 Å². The van der Waals surface area contributed by atoms with Gasteiger partial charge in [0.15, 0.2) is 0 Å². The van der Waals surface area contributed by atoms with E-state index >= 15 is 0 Å². The fourth-order valence-corrected chi connectivity index (χ4v) is 3.77. The van der Waals surface area contributed by atoms with Crippen LogP contribution in [0.15, 0.2) is 47.4 Å². The molecule has 0 saturated carbocycles. The van der Waals surface area contributed by atoms with Crippen molar-refractivity contribution in [3.63, 3.8) is 0 Å². The van der Waals surface area contributed by atoms with Gasteiger partial charge in [-0.15, -0.1) is 0 Å². The highest BCUT2D eigenvalue weighted by Crippen LogP contribution is 2.31. The minimum absolute atomic E-state index is 0.0471. The molecule has 0 aliphatic heterocycles. The molecular weight excluding hydrogens is 376 g/mol. The second kappa shape index (κ2) is 8.53. The number of nitrogens with one attached hydrogen (secondary N) is 1. The Hall–Kier alpha value is -2.09. The summed E-state index contributed by atoms with van der Waals surface area (Å²) in [5.41, 5.74) is 1.34. The number of aryl methyl sites for hydroxylation is 1. The van der Waals surface area contributed by atoms with Crippen molar-refractivity contribution in [2.45, 2.75) is 18.7 Å². The lowest BCUT2D eigenvalue weighted by Gasteiger charge is -2.23. The third-order valence-corrected chi connectivity index (χ3v) is 5.43. The summed E-state index contributed by atoms with van der Waals surface area (Å²) in [7, 11) is -2.16. The third-order valence-electron chi connectivity index (χ3n) is 3.74. The van der Waals surface area contributed by atoms with Gasteiger partial charge in [0.1, 0.15) is 5.75 Å². The molecule has 26 heavy (non-hydrogen) atoms. The Balaban J connectivity index is 2.15. The van der Waals surface area contributed by atoms with Gasteiger partial charge in [-0.3, -0.25) is 4.79 Å². The number of ether oxygens (including phenoxy) is 1.